The first kappa shape index (κ1) is 13.8. The summed E-state index contributed by atoms with van der Waals surface area (Å²) < 4.78 is 0. The Balaban J connectivity index is 2.21. The van der Waals surface area contributed by atoms with Gasteiger partial charge in [-0.1, -0.05) is 36.4 Å². The fourth-order valence-corrected chi connectivity index (χ4v) is 2.21. The molecule has 0 spiro atoms. The van der Waals surface area contributed by atoms with Crippen LogP contribution in [-0.2, 0) is 0 Å². The molecule has 2 rings (SSSR count). The smallest absolute Gasteiger partial charge is 0.179 e. The monoisotopic (exact) mass is 261 g/mol. The maximum Gasteiger partial charge on any atom is 0.179 e. The van der Waals surface area contributed by atoms with Gasteiger partial charge >= 0.3 is 0 Å². The molecule has 20 heavy (non-hydrogen) atoms. The number of Topliss-reactive ketones (excluding diaryl/α,β-unsaturated/α-hetero) is 1. The van der Waals surface area contributed by atoms with Crippen molar-refractivity contribution in [2.45, 2.75) is 19.3 Å². The normalized spacial score (nSPS) is 11.5. The van der Waals surface area contributed by atoms with E-state index in [1.165, 1.54) is 0 Å². The molecule has 2 heteroatoms. The van der Waals surface area contributed by atoms with Gasteiger partial charge in [-0.15, -0.1) is 12.3 Å². The average Bonchev–Trinajstić information content (AvgIpc) is 2.50. The van der Waals surface area contributed by atoms with Crippen molar-refractivity contribution in [1.29, 1.82) is 5.26 Å². The Bertz CT molecular complexity index is 703. The number of hydrogen-bond acceptors (Lipinski definition) is 2. The van der Waals surface area contributed by atoms with E-state index < -0.39 is 5.92 Å². The van der Waals surface area contributed by atoms with Crippen LogP contribution in [0.15, 0.2) is 42.5 Å². The van der Waals surface area contributed by atoms with Crippen LogP contribution in [0.2, 0.25) is 0 Å². The molecular weight excluding hydrogens is 246 g/mol. The van der Waals surface area contributed by atoms with Gasteiger partial charge in [0.25, 0.3) is 0 Å². The summed E-state index contributed by atoms with van der Waals surface area (Å²) in [5, 5.41) is 11.2. The third-order valence-electron chi connectivity index (χ3n) is 3.32. The van der Waals surface area contributed by atoms with E-state index in [0.717, 1.165) is 10.8 Å². The van der Waals surface area contributed by atoms with Crippen LogP contribution in [0.3, 0.4) is 0 Å². The number of unbranched alkanes of at least 4 members (excludes halogenated alkanes) is 1. The molecule has 2 nitrogen and oxygen atoms in total. The Morgan fingerprint density at radius 3 is 2.65 bits per heavy atom. The fraction of sp³-hybridized carbons (Fsp3) is 0.222. The summed E-state index contributed by atoms with van der Waals surface area (Å²) in [7, 11) is 0. The largest absolute Gasteiger partial charge is 0.293 e. The molecule has 0 bridgehead atoms. The lowest BCUT2D eigenvalue weighted by molar-refractivity contribution is 0.0943. The van der Waals surface area contributed by atoms with E-state index in [4.69, 9.17) is 11.7 Å². The second-order valence-corrected chi connectivity index (χ2v) is 4.70. The van der Waals surface area contributed by atoms with Crippen LogP contribution in [-0.4, -0.2) is 5.78 Å². The van der Waals surface area contributed by atoms with Gasteiger partial charge in [0.15, 0.2) is 5.78 Å². The second kappa shape index (κ2) is 6.55. The molecule has 0 amide bonds. The highest BCUT2D eigenvalue weighted by molar-refractivity contribution is 6.02. The predicted molar refractivity (Wildman–Crippen MR) is 80.1 cm³/mol. The number of terminal acetylenes is 1. The Morgan fingerprint density at radius 1 is 1.20 bits per heavy atom. The molecule has 0 aromatic heterocycles. The zero-order chi connectivity index (χ0) is 14.4. The Kier molecular flexibility index (Phi) is 4.53. The quantitative estimate of drug-likeness (QED) is 0.464. The van der Waals surface area contributed by atoms with Crippen LogP contribution in [0.1, 0.15) is 29.6 Å². The zero-order valence-corrected chi connectivity index (χ0v) is 11.2. The summed E-state index contributed by atoms with van der Waals surface area (Å²) in [5.41, 5.74) is 0.593. The van der Waals surface area contributed by atoms with Gasteiger partial charge in [0.05, 0.1) is 6.07 Å². The number of carbonyl (C=O) groups is 1. The zero-order valence-electron chi connectivity index (χ0n) is 11.2. The molecule has 0 saturated heterocycles. The minimum absolute atomic E-state index is 0.115. The van der Waals surface area contributed by atoms with Crippen molar-refractivity contribution >= 4 is 16.6 Å². The van der Waals surface area contributed by atoms with Crippen LogP contribution in [0.5, 0.6) is 0 Å². The summed E-state index contributed by atoms with van der Waals surface area (Å²) >= 11 is 0. The highest BCUT2D eigenvalue weighted by atomic mass is 16.1. The van der Waals surface area contributed by atoms with E-state index in [9.17, 15) is 4.79 Å². The molecular formula is C18H15NO. The Hall–Kier alpha value is -2.58. The maximum absolute atomic E-state index is 12.3. The lowest BCUT2D eigenvalue weighted by Gasteiger charge is -2.08. The summed E-state index contributed by atoms with van der Waals surface area (Å²) in [4.78, 5) is 12.3. The van der Waals surface area contributed by atoms with Crippen LogP contribution < -0.4 is 0 Å². The molecule has 2 aromatic rings. The summed E-state index contributed by atoms with van der Waals surface area (Å²) in [5.74, 6) is 1.81. The van der Waals surface area contributed by atoms with E-state index >= 15 is 0 Å². The standard InChI is InChI=1S/C18H15NO/c1-2-3-4-9-17(13-19)18(20)16-11-10-14-7-5-6-8-15(14)12-16/h1,5-8,10-12,17H,3-4,9H2. The van der Waals surface area contributed by atoms with Crippen molar-refractivity contribution in [2.75, 3.05) is 0 Å². The van der Waals surface area contributed by atoms with E-state index in [1.54, 1.807) is 6.07 Å². The first-order valence-corrected chi connectivity index (χ1v) is 6.62. The van der Waals surface area contributed by atoms with Crippen molar-refractivity contribution in [1.82, 2.24) is 0 Å². The van der Waals surface area contributed by atoms with Crippen LogP contribution in [0.25, 0.3) is 10.8 Å². The number of carbonyl (C=O) groups excluding carboxylic acids is 1. The molecule has 0 N–H and O–H groups in total. The van der Waals surface area contributed by atoms with Crippen molar-refractivity contribution in [3.63, 3.8) is 0 Å². The highest BCUT2D eigenvalue weighted by Gasteiger charge is 2.19. The highest BCUT2D eigenvalue weighted by Crippen LogP contribution is 2.20. The lowest BCUT2D eigenvalue weighted by atomic mass is 9.93. The van der Waals surface area contributed by atoms with Gasteiger partial charge in [0, 0.05) is 12.0 Å². The van der Waals surface area contributed by atoms with Crippen molar-refractivity contribution in [3.8, 4) is 18.4 Å². The minimum Gasteiger partial charge on any atom is -0.293 e. The van der Waals surface area contributed by atoms with E-state index in [2.05, 4.69) is 12.0 Å². The van der Waals surface area contributed by atoms with Crippen LogP contribution >= 0.6 is 0 Å². The molecule has 0 aliphatic rings. The number of ketones is 1. The molecule has 0 aliphatic heterocycles. The molecule has 2 aromatic carbocycles. The fourth-order valence-electron chi connectivity index (χ4n) is 2.21. The number of nitrogens with zero attached hydrogens (tertiary/aromatic N) is 1. The van der Waals surface area contributed by atoms with Crippen LogP contribution in [0, 0.1) is 29.6 Å². The summed E-state index contributed by atoms with van der Waals surface area (Å²) in [6.07, 6.45) is 7.01. The molecule has 0 fully saturated rings. The SMILES string of the molecule is C#CCCCC(C#N)C(=O)c1ccc2ccccc2c1. The topological polar surface area (TPSA) is 40.9 Å². The third kappa shape index (κ3) is 3.05. The minimum atomic E-state index is -0.607. The van der Waals surface area contributed by atoms with E-state index in [-0.39, 0.29) is 5.78 Å². The van der Waals surface area contributed by atoms with Gasteiger partial charge < -0.3 is 0 Å². The van der Waals surface area contributed by atoms with Crippen LogP contribution in [0.4, 0.5) is 0 Å². The van der Waals surface area contributed by atoms with Crippen molar-refractivity contribution in [3.05, 3.63) is 48.0 Å². The second-order valence-electron chi connectivity index (χ2n) is 4.70. The van der Waals surface area contributed by atoms with E-state index in [0.29, 0.717) is 24.8 Å². The number of nitriles is 1. The van der Waals surface area contributed by atoms with Gasteiger partial charge in [-0.25, -0.2) is 0 Å². The third-order valence-corrected chi connectivity index (χ3v) is 3.32. The number of benzene rings is 2. The first-order valence-electron chi connectivity index (χ1n) is 6.62. The number of hydrogen-bond donors (Lipinski definition) is 0. The number of rotatable bonds is 5. The summed E-state index contributed by atoms with van der Waals surface area (Å²) in [6.45, 7) is 0. The maximum atomic E-state index is 12.3. The van der Waals surface area contributed by atoms with E-state index in [1.807, 2.05) is 36.4 Å². The lowest BCUT2D eigenvalue weighted by Crippen LogP contribution is -2.13. The molecule has 0 saturated carbocycles. The van der Waals surface area contributed by atoms with Gasteiger partial charge in [-0.05, 0) is 29.7 Å². The van der Waals surface area contributed by atoms with Crippen molar-refractivity contribution in [2.24, 2.45) is 5.92 Å². The molecule has 98 valence electrons. The number of fused-ring (bicyclic) bond motifs is 1. The molecule has 0 radical (unpaired) electrons. The Morgan fingerprint density at radius 2 is 1.95 bits per heavy atom. The average molecular weight is 261 g/mol. The molecule has 0 aliphatic carbocycles. The first-order chi connectivity index (χ1) is 9.76. The van der Waals surface area contributed by atoms with Gasteiger partial charge in [0.2, 0.25) is 0 Å². The molecule has 0 heterocycles. The molecule has 1 unspecified atom stereocenters. The van der Waals surface area contributed by atoms with Gasteiger partial charge in [-0.3, -0.25) is 4.79 Å². The summed E-state index contributed by atoms with van der Waals surface area (Å²) in [6, 6.07) is 15.5. The molecule has 1 atom stereocenters. The predicted octanol–water partition coefficient (Wildman–Crippen LogP) is 3.97. The Labute approximate surface area is 119 Å². The van der Waals surface area contributed by atoms with Gasteiger partial charge in [-0.2, -0.15) is 5.26 Å². The van der Waals surface area contributed by atoms with Gasteiger partial charge in [0.1, 0.15) is 5.92 Å². The van der Waals surface area contributed by atoms with Crippen molar-refractivity contribution < 1.29 is 4.79 Å².